The van der Waals surface area contributed by atoms with E-state index >= 15 is 0 Å². The van der Waals surface area contributed by atoms with Gasteiger partial charge in [0, 0.05) is 5.57 Å². The second-order valence-electron chi connectivity index (χ2n) is 2.10. The molecule has 0 aliphatic heterocycles. The first kappa shape index (κ1) is 6.10. The van der Waals surface area contributed by atoms with E-state index in [1.807, 2.05) is 6.08 Å². The standard InChI is InChI=1S/C8H8O/c1-2-8(9)7-5-3-4-6-7/h1,5H,3-4,6H2. The van der Waals surface area contributed by atoms with Crippen molar-refractivity contribution in [3.8, 4) is 12.3 Å². The molecule has 0 N–H and O–H groups in total. The molecular formula is C8H8O. The summed E-state index contributed by atoms with van der Waals surface area (Å²) in [5.74, 6) is 1.97. The van der Waals surface area contributed by atoms with E-state index in [-0.39, 0.29) is 5.78 Å². The van der Waals surface area contributed by atoms with Crippen LogP contribution in [0.1, 0.15) is 19.3 Å². The van der Waals surface area contributed by atoms with Crippen LogP contribution in [0.5, 0.6) is 0 Å². The van der Waals surface area contributed by atoms with Crippen molar-refractivity contribution in [2.24, 2.45) is 0 Å². The van der Waals surface area contributed by atoms with E-state index in [1.54, 1.807) is 0 Å². The van der Waals surface area contributed by atoms with Gasteiger partial charge in [0.05, 0.1) is 0 Å². The van der Waals surface area contributed by atoms with Crippen molar-refractivity contribution < 1.29 is 4.79 Å². The summed E-state index contributed by atoms with van der Waals surface area (Å²) in [6.07, 6.45) is 9.82. The molecule has 0 radical (unpaired) electrons. The maximum Gasteiger partial charge on any atom is 0.231 e. The topological polar surface area (TPSA) is 17.1 Å². The largest absolute Gasteiger partial charge is 0.280 e. The van der Waals surface area contributed by atoms with E-state index in [1.165, 1.54) is 0 Å². The van der Waals surface area contributed by atoms with Crippen molar-refractivity contribution >= 4 is 5.78 Å². The number of carbonyl (C=O) groups is 1. The minimum Gasteiger partial charge on any atom is -0.280 e. The molecule has 0 amide bonds. The molecule has 0 bridgehead atoms. The Labute approximate surface area is 54.8 Å². The van der Waals surface area contributed by atoms with Crippen LogP contribution < -0.4 is 0 Å². The number of allylic oxidation sites excluding steroid dienone is 2. The van der Waals surface area contributed by atoms with Gasteiger partial charge in [0.2, 0.25) is 5.78 Å². The van der Waals surface area contributed by atoms with Gasteiger partial charge in [-0.3, -0.25) is 4.79 Å². The van der Waals surface area contributed by atoms with Gasteiger partial charge in [-0.25, -0.2) is 0 Å². The summed E-state index contributed by atoms with van der Waals surface area (Å²) >= 11 is 0. The van der Waals surface area contributed by atoms with Crippen LogP contribution in [0.25, 0.3) is 0 Å². The molecule has 1 aliphatic rings. The summed E-state index contributed by atoms with van der Waals surface area (Å²) < 4.78 is 0. The number of terminal acetylenes is 1. The molecule has 0 saturated heterocycles. The van der Waals surface area contributed by atoms with Gasteiger partial charge in [-0.05, 0) is 25.2 Å². The highest BCUT2D eigenvalue weighted by Gasteiger charge is 2.09. The molecule has 1 rings (SSSR count). The van der Waals surface area contributed by atoms with Crippen LogP contribution in [0, 0.1) is 12.3 Å². The lowest BCUT2D eigenvalue weighted by molar-refractivity contribution is -0.110. The van der Waals surface area contributed by atoms with Gasteiger partial charge in [0.1, 0.15) is 0 Å². The molecule has 0 saturated carbocycles. The van der Waals surface area contributed by atoms with Gasteiger partial charge in [-0.2, -0.15) is 0 Å². The van der Waals surface area contributed by atoms with Crippen molar-refractivity contribution in [2.75, 3.05) is 0 Å². The Kier molecular flexibility index (Phi) is 1.69. The molecule has 0 heterocycles. The zero-order chi connectivity index (χ0) is 6.69. The monoisotopic (exact) mass is 120 g/mol. The minimum absolute atomic E-state index is 0.132. The highest BCUT2D eigenvalue weighted by molar-refractivity contribution is 6.08. The average molecular weight is 120 g/mol. The zero-order valence-corrected chi connectivity index (χ0v) is 5.18. The van der Waals surface area contributed by atoms with Crippen LogP contribution in [0.3, 0.4) is 0 Å². The number of carbonyl (C=O) groups excluding carboxylic acids is 1. The smallest absolute Gasteiger partial charge is 0.231 e. The fourth-order valence-electron chi connectivity index (χ4n) is 0.970. The van der Waals surface area contributed by atoms with E-state index in [0.29, 0.717) is 0 Å². The number of hydrogen-bond acceptors (Lipinski definition) is 1. The van der Waals surface area contributed by atoms with Crippen LogP contribution in [-0.2, 0) is 4.79 Å². The maximum absolute atomic E-state index is 10.7. The Balaban J connectivity index is 2.64. The highest BCUT2D eigenvalue weighted by Crippen LogP contribution is 2.17. The Morgan fingerprint density at radius 3 is 3.00 bits per heavy atom. The zero-order valence-electron chi connectivity index (χ0n) is 5.18. The van der Waals surface area contributed by atoms with Gasteiger partial charge < -0.3 is 0 Å². The summed E-state index contributed by atoms with van der Waals surface area (Å²) in [6, 6.07) is 0. The van der Waals surface area contributed by atoms with Crippen LogP contribution >= 0.6 is 0 Å². The molecule has 1 aliphatic carbocycles. The summed E-state index contributed by atoms with van der Waals surface area (Å²) in [6.45, 7) is 0. The predicted octanol–water partition coefficient (Wildman–Crippen LogP) is 1.30. The maximum atomic E-state index is 10.7. The van der Waals surface area contributed by atoms with Crippen molar-refractivity contribution in [1.29, 1.82) is 0 Å². The Bertz CT molecular complexity index is 193. The van der Waals surface area contributed by atoms with Crippen molar-refractivity contribution in [3.05, 3.63) is 11.6 Å². The molecule has 0 fully saturated rings. The van der Waals surface area contributed by atoms with E-state index < -0.39 is 0 Å². The quantitative estimate of drug-likeness (QED) is 0.376. The lowest BCUT2D eigenvalue weighted by atomic mass is 10.1. The van der Waals surface area contributed by atoms with E-state index in [9.17, 15) is 4.79 Å². The minimum atomic E-state index is -0.132. The molecule has 0 aromatic heterocycles. The molecule has 0 aromatic carbocycles. The molecule has 0 aromatic rings. The second kappa shape index (κ2) is 2.50. The first-order valence-electron chi connectivity index (χ1n) is 3.04. The number of rotatable bonds is 1. The van der Waals surface area contributed by atoms with Crippen LogP contribution in [0.2, 0.25) is 0 Å². The Morgan fingerprint density at radius 2 is 2.56 bits per heavy atom. The van der Waals surface area contributed by atoms with E-state index in [2.05, 4.69) is 5.92 Å². The molecule has 0 unspecified atom stereocenters. The Hall–Kier alpha value is -1.03. The summed E-state index contributed by atoms with van der Waals surface area (Å²) in [5, 5.41) is 0. The van der Waals surface area contributed by atoms with Crippen molar-refractivity contribution in [2.45, 2.75) is 19.3 Å². The first-order valence-corrected chi connectivity index (χ1v) is 3.04. The second-order valence-corrected chi connectivity index (χ2v) is 2.10. The fraction of sp³-hybridized carbons (Fsp3) is 0.375. The van der Waals surface area contributed by atoms with E-state index in [0.717, 1.165) is 24.8 Å². The van der Waals surface area contributed by atoms with Crippen LogP contribution in [0.4, 0.5) is 0 Å². The lowest BCUT2D eigenvalue weighted by Crippen LogP contribution is -1.94. The average Bonchev–Trinajstić information content (AvgIpc) is 2.37. The number of ketones is 1. The summed E-state index contributed by atoms with van der Waals surface area (Å²) in [4.78, 5) is 10.7. The van der Waals surface area contributed by atoms with Gasteiger partial charge in [-0.1, -0.05) is 6.08 Å². The van der Waals surface area contributed by atoms with Crippen molar-refractivity contribution in [3.63, 3.8) is 0 Å². The number of hydrogen-bond donors (Lipinski definition) is 0. The lowest BCUT2D eigenvalue weighted by Gasteiger charge is -1.88. The fourth-order valence-corrected chi connectivity index (χ4v) is 0.970. The first-order chi connectivity index (χ1) is 4.34. The van der Waals surface area contributed by atoms with E-state index in [4.69, 9.17) is 6.42 Å². The molecule has 0 atom stereocenters. The van der Waals surface area contributed by atoms with Crippen molar-refractivity contribution in [1.82, 2.24) is 0 Å². The summed E-state index contributed by atoms with van der Waals surface area (Å²) in [7, 11) is 0. The molecule has 9 heavy (non-hydrogen) atoms. The Morgan fingerprint density at radius 1 is 1.78 bits per heavy atom. The molecular weight excluding hydrogens is 112 g/mol. The third-order valence-corrected chi connectivity index (χ3v) is 1.46. The van der Waals surface area contributed by atoms with Crippen LogP contribution in [0.15, 0.2) is 11.6 Å². The molecule has 46 valence electrons. The number of Topliss-reactive ketones (excluding diaryl/α,β-unsaturated/α-hetero) is 1. The summed E-state index contributed by atoms with van der Waals surface area (Å²) in [5.41, 5.74) is 0.831. The van der Waals surface area contributed by atoms with Crippen LogP contribution in [-0.4, -0.2) is 5.78 Å². The van der Waals surface area contributed by atoms with Gasteiger partial charge >= 0.3 is 0 Å². The molecule has 1 heteroatoms. The van der Waals surface area contributed by atoms with Gasteiger partial charge in [0.25, 0.3) is 0 Å². The third kappa shape index (κ3) is 1.20. The van der Waals surface area contributed by atoms with Gasteiger partial charge in [0.15, 0.2) is 0 Å². The van der Waals surface area contributed by atoms with Gasteiger partial charge in [-0.15, -0.1) is 6.42 Å². The third-order valence-electron chi connectivity index (χ3n) is 1.46. The molecule has 0 spiro atoms. The SMILES string of the molecule is C#CC(=O)C1=CCCC1. The highest BCUT2D eigenvalue weighted by atomic mass is 16.1. The predicted molar refractivity (Wildman–Crippen MR) is 35.8 cm³/mol. The molecule has 1 nitrogen and oxygen atoms in total. The normalized spacial score (nSPS) is 16.6.